The summed E-state index contributed by atoms with van der Waals surface area (Å²) in [6.07, 6.45) is 0.0903. The predicted octanol–water partition coefficient (Wildman–Crippen LogP) is 4.04. The Hall–Kier alpha value is -3.04. The highest BCUT2D eigenvalue weighted by Crippen LogP contribution is 2.34. The van der Waals surface area contributed by atoms with Gasteiger partial charge >= 0.3 is 0 Å². The molecule has 1 saturated heterocycles. The summed E-state index contributed by atoms with van der Waals surface area (Å²) in [6, 6.07) is 11.5. The molecule has 7 nitrogen and oxygen atoms in total. The van der Waals surface area contributed by atoms with Crippen LogP contribution < -0.4 is 15.0 Å². The molecule has 0 spiro atoms. The van der Waals surface area contributed by atoms with Crippen molar-refractivity contribution in [2.45, 2.75) is 18.8 Å². The molecule has 1 aliphatic heterocycles. The van der Waals surface area contributed by atoms with Crippen LogP contribution in [0.4, 0.5) is 15.2 Å². The standard InChI is InChI=1S/C21H18ClFN4O3S/c1-30-14-7-5-13(6-8-14)27-11-12(9-19(27)29)20-25-26-21(31-20)24-18(28)10-15-16(22)3-2-4-17(15)23/h2-8,12H,9-11H2,1H3,(H,24,26,28). The summed E-state index contributed by atoms with van der Waals surface area (Å²) in [6.45, 7) is 0.471. The molecule has 2 amide bonds. The van der Waals surface area contributed by atoms with Crippen molar-refractivity contribution in [3.63, 3.8) is 0 Å². The first kappa shape index (κ1) is 21.2. The maximum Gasteiger partial charge on any atom is 0.230 e. The van der Waals surface area contributed by atoms with Crippen LogP contribution >= 0.6 is 22.9 Å². The second-order valence-corrected chi connectivity index (χ2v) is 8.39. The van der Waals surface area contributed by atoms with Gasteiger partial charge in [0.2, 0.25) is 16.9 Å². The largest absolute Gasteiger partial charge is 0.497 e. The number of carbonyl (C=O) groups excluding carboxylic acids is 2. The molecule has 1 fully saturated rings. The fourth-order valence-electron chi connectivity index (χ4n) is 3.36. The van der Waals surface area contributed by atoms with Crippen molar-refractivity contribution in [2.75, 3.05) is 23.9 Å². The number of nitrogens with one attached hydrogen (secondary N) is 1. The number of hydrogen-bond acceptors (Lipinski definition) is 6. The van der Waals surface area contributed by atoms with Crippen LogP contribution in [0.3, 0.4) is 0 Å². The molecule has 1 N–H and O–H groups in total. The van der Waals surface area contributed by atoms with E-state index in [1.165, 1.54) is 29.5 Å². The average molecular weight is 461 g/mol. The summed E-state index contributed by atoms with van der Waals surface area (Å²) in [5.74, 6) is -0.405. The topological polar surface area (TPSA) is 84.4 Å². The summed E-state index contributed by atoms with van der Waals surface area (Å²) < 4.78 is 19.0. The van der Waals surface area contributed by atoms with Gasteiger partial charge in [-0.05, 0) is 36.4 Å². The number of ether oxygens (including phenoxy) is 1. The molecule has 2 heterocycles. The van der Waals surface area contributed by atoms with E-state index in [0.29, 0.717) is 28.9 Å². The van der Waals surface area contributed by atoms with Gasteiger partial charge < -0.3 is 15.0 Å². The summed E-state index contributed by atoms with van der Waals surface area (Å²) in [7, 11) is 1.59. The van der Waals surface area contributed by atoms with Gasteiger partial charge in [-0.15, -0.1) is 10.2 Å². The van der Waals surface area contributed by atoms with Gasteiger partial charge in [-0.25, -0.2) is 4.39 Å². The van der Waals surface area contributed by atoms with Gasteiger partial charge in [0.15, 0.2) is 0 Å². The van der Waals surface area contributed by atoms with E-state index in [2.05, 4.69) is 15.5 Å². The molecule has 160 valence electrons. The lowest BCUT2D eigenvalue weighted by atomic mass is 10.1. The summed E-state index contributed by atoms with van der Waals surface area (Å²) in [5, 5.41) is 11.9. The fraction of sp³-hybridized carbons (Fsp3) is 0.238. The zero-order valence-corrected chi connectivity index (χ0v) is 18.0. The van der Waals surface area contributed by atoms with Crippen LogP contribution in [-0.2, 0) is 16.0 Å². The first-order chi connectivity index (χ1) is 14.9. The Balaban J connectivity index is 1.40. The third-order valence-electron chi connectivity index (χ3n) is 4.94. The van der Waals surface area contributed by atoms with E-state index in [1.54, 1.807) is 24.1 Å². The number of halogens is 2. The lowest BCUT2D eigenvalue weighted by molar-refractivity contribution is -0.117. The number of carbonyl (C=O) groups is 2. The predicted molar refractivity (Wildman–Crippen MR) is 116 cm³/mol. The Morgan fingerprint density at radius 3 is 2.77 bits per heavy atom. The lowest BCUT2D eigenvalue weighted by Crippen LogP contribution is -2.24. The van der Waals surface area contributed by atoms with Crippen LogP contribution in [0.15, 0.2) is 42.5 Å². The van der Waals surface area contributed by atoms with E-state index in [1.807, 2.05) is 12.1 Å². The number of nitrogens with zero attached hydrogens (tertiary/aromatic N) is 3. The summed E-state index contributed by atoms with van der Waals surface area (Å²) in [5.41, 5.74) is 0.913. The number of hydrogen-bond donors (Lipinski definition) is 1. The van der Waals surface area contributed by atoms with Crippen molar-refractivity contribution >= 4 is 45.6 Å². The minimum atomic E-state index is -0.538. The first-order valence-corrected chi connectivity index (χ1v) is 10.6. The summed E-state index contributed by atoms with van der Waals surface area (Å²) >= 11 is 7.18. The maximum absolute atomic E-state index is 13.9. The molecular weight excluding hydrogens is 443 g/mol. The third kappa shape index (κ3) is 4.67. The van der Waals surface area contributed by atoms with Gasteiger partial charge in [0, 0.05) is 35.2 Å². The van der Waals surface area contributed by atoms with Crippen molar-refractivity contribution in [1.29, 1.82) is 0 Å². The van der Waals surface area contributed by atoms with E-state index in [9.17, 15) is 14.0 Å². The Morgan fingerprint density at radius 1 is 1.29 bits per heavy atom. The highest BCUT2D eigenvalue weighted by molar-refractivity contribution is 7.15. The van der Waals surface area contributed by atoms with Crippen LogP contribution in [-0.4, -0.2) is 35.7 Å². The molecule has 1 aliphatic rings. The monoisotopic (exact) mass is 460 g/mol. The molecule has 2 aromatic carbocycles. The molecule has 0 aliphatic carbocycles. The normalized spacial score (nSPS) is 15.9. The molecule has 1 aromatic heterocycles. The number of rotatable bonds is 6. The van der Waals surface area contributed by atoms with Crippen molar-refractivity contribution in [3.05, 3.63) is 63.9 Å². The van der Waals surface area contributed by atoms with Gasteiger partial charge in [0.25, 0.3) is 0 Å². The van der Waals surface area contributed by atoms with Gasteiger partial charge in [-0.2, -0.15) is 0 Å². The molecule has 3 aromatic rings. The zero-order valence-electron chi connectivity index (χ0n) is 16.5. The number of amides is 2. The van der Waals surface area contributed by atoms with Crippen molar-refractivity contribution in [3.8, 4) is 5.75 Å². The van der Waals surface area contributed by atoms with Crippen LogP contribution in [0.1, 0.15) is 22.9 Å². The highest BCUT2D eigenvalue weighted by atomic mass is 35.5. The van der Waals surface area contributed by atoms with Crippen LogP contribution in [0, 0.1) is 5.82 Å². The Labute approximate surface area is 186 Å². The number of benzene rings is 2. The van der Waals surface area contributed by atoms with E-state index >= 15 is 0 Å². The molecule has 10 heteroatoms. The molecule has 1 unspecified atom stereocenters. The molecular formula is C21H18ClFN4O3S. The van der Waals surface area contributed by atoms with Crippen LogP contribution in [0.25, 0.3) is 0 Å². The van der Waals surface area contributed by atoms with E-state index in [-0.39, 0.29) is 28.8 Å². The SMILES string of the molecule is COc1ccc(N2CC(c3nnc(NC(=O)Cc4c(F)cccc4Cl)s3)CC2=O)cc1. The maximum atomic E-state index is 13.9. The van der Waals surface area contributed by atoms with Gasteiger partial charge in [0.1, 0.15) is 16.6 Å². The van der Waals surface area contributed by atoms with E-state index < -0.39 is 11.7 Å². The quantitative estimate of drug-likeness (QED) is 0.600. The van der Waals surface area contributed by atoms with Crippen molar-refractivity contribution in [2.24, 2.45) is 0 Å². The fourth-order valence-corrected chi connectivity index (χ4v) is 4.44. The molecule has 31 heavy (non-hydrogen) atoms. The molecule has 4 rings (SSSR count). The van der Waals surface area contributed by atoms with E-state index in [0.717, 1.165) is 5.69 Å². The Kier molecular flexibility index (Phi) is 6.15. The van der Waals surface area contributed by atoms with Crippen molar-refractivity contribution in [1.82, 2.24) is 10.2 Å². The highest BCUT2D eigenvalue weighted by Gasteiger charge is 2.34. The minimum absolute atomic E-state index is 0.00912. The van der Waals surface area contributed by atoms with Crippen LogP contribution in [0.2, 0.25) is 5.02 Å². The number of anilines is 2. The first-order valence-electron chi connectivity index (χ1n) is 9.45. The Morgan fingerprint density at radius 2 is 2.06 bits per heavy atom. The smallest absolute Gasteiger partial charge is 0.230 e. The molecule has 0 saturated carbocycles. The van der Waals surface area contributed by atoms with E-state index in [4.69, 9.17) is 16.3 Å². The third-order valence-corrected chi connectivity index (χ3v) is 6.30. The number of aromatic nitrogens is 2. The van der Waals surface area contributed by atoms with Gasteiger partial charge in [-0.1, -0.05) is 29.0 Å². The molecule has 0 radical (unpaired) electrons. The zero-order chi connectivity index (χ0) is 22.0. The van der Waals surface area contributed by atoms with Crippen LogP contribution in [0.5, 0.6) is 5.75 Å². The molecule has 0 bridgehead atoms. The lowest BCUT2D eigenvalue weighted by Gasteiger charge is -2.16. The van der Waals surface area contributed by atoms with Gasteiger partial charge in [0.05, 0.1) is 13.5 Å². The Bertz CT molecular complexity index is 1100. The minimum Gasteiger partial charge on any atom is -0.497 e. The average Bonchev–Trinajstić information content (AvgIpc) is 3.37. The summed E-state index contributed by atoms with van der Waals surface area (Å²) in [4.78, 5) is 26.5. The second-order valence-electron chi connectivity index (χ2n) is 6.97. The molecule has 1 atom stereocenters. The second kappa shape index (κ2) is 8.99. The number of methoxy groups -OCH3 is 1. The van der Waals surface area contributed by atoms with Crippen molar-refractivity contribution < 1.29 is 18.7 Å². The van der Waals surface area contributed by atoms with Gasteiger partial charge in [-0.3, -0.25) is 9.59 Å².